The van der Waals surface area contributed by atoms with E-state index in [4.69, 9.17) is 13.9 Å². The number of rotatable bonds is 8. The minimum atomic E-state index is -0.734. The maximum atomic E-state index is 13.7. The first-order valence-corrected chi connectivity index (χ1v) is 12.6. The zero-order chi connectivity index (χ0) is 26.1. The molecule has 1 amide bonds. The molecule has 0 saturated heterocycles. The highest BCUT2D eigenvalue weighted by Crippen LogP contribution is 2.42. The Hall–Kier alpha value is -4.13. The van der Waals surface area contributed by atoms with E-state index >= 15 is 0 Å². The first-order valence-electron chi connectivity index (χ1n) is 12.6. The number of aromatic nitrogens is 1. The lowest BCUT2D eigenvalue weighted by atomic mass is 9.98. The van der Waals surface area contributed by atoms with E-state index in [0.717, 1.165) is 12.0 Å². The quantitative estimate of drug-likeness (QED) is 0.293. The first kappa shape index (κ1) is 24.6. The molecule has 3 heterocycles. The van der Waals surface area contributed by atoms with Crippen LogP contribution in [0.2, 0.25) is 0 Å². The fourth-order valence-corrected chi connectivity index (χ4v) is 4.56. The molecule has 0 saturated carbocycles. The number of pyridine rings is 1. The smallest absolute Gasteiger partial charge is 0.296 e. The molecule has 1 unspecified atom stereocenters. The van der Waals surface area contributed by atoms with Gasteiger partial charge in [0.15, 0.2) is 16.9 Å². The molecule has 0 fully saturated rings. The van der Waals surface area contributed by atoms with Crippen LogP contribution in [0.3, 0.4) is 0 Å². The van der Waals surface area contributed by atoms with Crippen molar-refractivity contribution in [2.75, 3.05) is 18.1 Å². The number of carbonyl (C=O) groups excluding carboxylic acids is 1. The summed E-state index contributed by atoms with van der Waals surface area (Å²) in [6.07, 6.45) is 2.62. The molecule has 2 aromatic carbocycles. The number of benzene rings is 2. The Balaban J connectivity index is 1.67. The molecule has 1 aliphatic heterocycles. The van der Waals surface area contributed by atoms with Crippen molar-refractivity contribution in [3.05, 3.63) is 93.5 Å². The molecule has 0 aliphatic carbocycles. The molecule has 0 bridgehead atoms. The van der Waals surface area contributed by atoms with Crippen LogP contribution in [-0.4, -0.2) is 24.1 Å². The van der Waals surface area contributed by atoms with Crippen LogP contribution in [0.15, 0.2) is 70.0 Å². The Morgan fingerprint density at radius 3 is 2.57 bits per heavy atom. The Kier molecular flexibility index (Phi) is 6.70. The van der Waals surface area contributed by atoms with Crippen molar-refractivity contribution in [1.29, 1.82) is 0 Å². The predicted octanol–water partition coefficient (Wildman–Crippen LogP) is 6.07. The molecular formula is C30H30N2O5. The fourth-order valence-electron chi connectivity index (χ4n) is 4.56. The van der Waals surface area contributed by atoms with E-state index in [1.807, 2.05) is 38.1 Å². The molecule has 37 heavy (non-hydrogen) atoms. The molecule has 190 valence electrons. The largest absolute Gasteiger partial charge is 0.490 e. The van der Waals surface area contributed by atoms with E-state index in [1.165, 1.54) is 4.90 Å². The number of hydrogen-bond donors (Lipinski definition) is 0. The van der Waals surface area contributed by atoms with E-state index in [-0.39, 0.29) is 11.2 Å². The van der Waals surface area contributed by atoms with Gasteiger partial charge in [-0.3, -0.25) is 14.5 Å². The van der Waals surface area contributed by atoms with Gasteiger partial charge in [0, 0.05) is 6.20 Å². The number of amides is 1. The number of carbonyl (C=O) groups is 1. The first-order chi connectivity index (χ1) is 17.9. The Bertz CT molecular complexity index is 1510. The minimum absolute atomic E-state index is 0.0336. The van der Waals surface area contributed by atoms with Gasteiger partial charge in [0.05, 0.1) is 30.2 Å². The van der Waals surface area contributed by atoms with Crippen LogP contribution in [0, 0.1) is 12.8 Å². The summed E-state index contributed by atoms with van der Waals surface area (Å²) in [5, 5.41) is 0.427. The van der Waals surface area contributed by atoms with Crippen LogP contribution in [0.25, 0.3) is 11.0 Å². The van der Waals surface area contributed by atoms with E-state index in [1.54, 1.807) is 36.5 Å². The topological polar surface area (TPSA) is 81.9 Å². The van der Waals surface area contributed by atoms with Crippen LogP contribution >= 0.6 is 0 Å². The number of hydrogen-bond acceptors (Lipinski definition) is 6. The summed E-state index contributed by atoms with van der Waals surface area (Å²) in [4.78, 5) is 33.5. The monoisotopic (exact) mass is 498 g/mol. The van der Waals surface area contributed by atoms with Crippen molar-refractivity contribution in [1.82, 2.24) is 4.98 Å². The highest BCUT2D eigenvalue weighted by Gasteiger charge is 2.44. The second-order valence-corrected chi connectivity index (χ2v) is 9.61. The summed E-state index contributed by atoms with van der Waals surface area (Å²) in [5.74, 6) is 1.76. The SMILES string of the molecule is CCOc1cc(C2c3c(oc4ccccc4c3=O)C(=O)N2c2ccc(C)cn2)ccc1OCCC(C)C. The predicted molar refractivity (Wildman–Crippen MR) is 143 cm³/mol. The second kappa shape index (κ2) is 10.1. The number of fused-ring (bicyclic) bond motifs is 2. The lowest BCUT2D eigenvalue weighted by Crippen LogP contribution is -2.30. The van der Waals surface area contributed by atoms with Crippen molar-refractivity contribution >= 4 is 22.7 Å². The van der Waals surface area contributed by atoms with Crippen molar-refractivity contribution in [3.8, 4) is 11.5 Å². The van der Waals surface area contributed by atoms with Crippen LogP contribution in [0.5, 0.6) is 11.5 Å². The van der Waals surface area contributed by atoms with Crippen LogP contribution in [-0.2, 0) is 0 Å². The Morgan fingerprint density at radius 2 is 1.84 bits per heavy atom. The van der Waals surface area contributed by atoms with E-state index in [2.05, 4.69) is 18.8 Å². The molecule has 4 aromatic rings. The maximum absolute atomic E-state index is 13.7. The maximum Gasteiger partial charge on any atom is 0.296 e. The fraction of sp³-hybridized carbons (Fsp3) is 0.300. The molecule has 0 N–H and O–H groups in total. The average Bonchev–Trinajstić information content (AvgIpc) is 3.18. The minimum Gasteiger partial charge on any atom is -0.490 e. The molecule has 2 aromatic heterocycles. The molecular weight excluding hydrogens is 468 g/mol. The molecule has 0 spiro atoms. The van der Waals surface area contributed by atoms with Crippen molar-refractivity contribution in [3.63, 3.8) is 0 Å². The van der Waals surface area contributed by atoms with Crippen molar-refractivity contribution in [2.45, 2.75) is 40.2 Å². The van der Waals surface area contributed by atoms with Gasteiger partial charge in [0.25, 0.3) is 5.91 Å². The number of para-hydroxylation sites is 1. The molecule has 5 rings (SSSR count). The van der Waals surface area contributed by atoms with Crippen LogP contribution < -0.4 is 19.8 Å². The molecule has 7 nitrogen and oxygen atoms in total. The normalized spacial score (nSPS) is 14.9. The van der Waals surface area contributed by atoms with Gasteiger partial charge >= 0.3 is 0 Å². The van der Waals surface area contributed by atoms with E-state index in [0.29, 0.717) is 58.5 Å². The second-order valence-electron chi connectivity index (χ2n) is 9.61. The van der Waals surface area contributed by atoms with E-state index < -0.39 is 11.9 Å². The molecule has 1 atom stereocenters. The van der Waals surface area contributed by atoms with Gasteiger partial charge in [0.1, 0.15) is 11.4 Å². The summed E-state index contributed by atoms with van der Waals surface area (Å²) in [6.45, 7) is 9.14. The van der Waals surface area contributed by atoms with Crippen LogP contribution in [0.1, 0.15) is 60.5 Å². The summed E-state index contributed by atoms with van der Waals surface area (Å²) < 4.78 is 18.0. The Labute approximate surface area is 215 Å². The third-order valence-electron chi connectivity index (χ3n) is 6.46. The Morgan fingerprint density at radius 1 is 1.03 bits per heavy atom. The molecule has 7 heteroatoms. The third-order valence-corrected chi connectivity index (χ3v) is 6.46. The average molecular weight is 499 g/mol. The van der Waals surface area contributed by atoms with Gasteiger partial charge in [-0.2, -0.15) is 0 Å². The number of aryl methyl sites for hydroxylation is 1. The molecule has 0 radical (unpaired) electrons. The zero-order valence-electron chi connectivity index (χ0n) is 21.5. The van der Waals surface area contributed by atoms with Gasteiger partial charge < -0.3 is 13.9 Å². The van der Waals surface area contributed by atoms with Gasteiger partial charge in [0.2, 0.25) is 5.76 Å². The summed E-state index contributed by atoms with van der Waals surface area (Å²) >= 11 is 0. The van der Waals surface area contributed by atoms with E-state index in [9.17, 15) is 9.59 Å². The third kappa shape index (κ3) is 4.57. The summed E-state index contributed by atoms with van der Waals surface area (Å²) in [6, 6.07) is 15.5. The van der Waals surface area contributed by atoms with Gasteiger partial charge in [-0.1, -0.05) is 38.1 Å². The van der Waals surface area contributed by atoms with Gasteiger partial charge in [-0.15, -0.1) is 0 Å². The summed E-state index contributed by atoms with van der Waals surface area (Å²) in [5.41, 5.74) is 2.10. The number of ether oxygens (including phenoxy) is 2. The van der Waals surface area contributed by atoms with Crippen LogP contribution in [0.4, 0.5) is 5.82 Å². The summed E-state index contributed by atoms with van der Waals surface area (Å²) in [7, 11) is 0. The molecule has 1 aliphatic rings. The van der Waals surface area contributed by atoms with Gasteiger partial charge in [-0.05, 0) is 67.6 Å². The number of anilines is 1. The highest BCUT2D eigenvalue weighted by molar-refractivity contribution is 6.10. The van der Waals surface area contributed by atoms with Crippen molar-refractivity contribution in [2.24, 2.45) is 5.92 Å². The highest BCUT2D eigenvalue weighted by atomic mass is 16.5. The lowest BCUT2D eigenvalue weighted by molar-refractivity contribution is 0.0970. The standard InChI is InChI=1S/C30H30N2O5/c1-5-35-24-16-20(11-12-23(24)36-15-14-18(2)3)27-26-28(33)21-8-6-7-9-22(21)37-29(26)30(34)32(27)25-13-10-19(4)17-31-25/h6-13,16-18,27H,5,14-15H2,1-4H3. The van der Waals surface area contributed by atoms with Gasteiger partial charge in [-0.25, -0.2) is 4.98 Å². The zero-order valence-corrected chi connectivity index (χ0v) is 21.5. The van der Waals surface area contributed by atoms with Crippen molar-refractivity contribution < 1.29 is 18.7 Å². The lowest BCUT2D eigenvalue weighted by Gasteiger charge is -2.25. The number of nitrogens with zero attached hydrogens (tertiary/aromatic N) is 2.